The summed E-state index contributed by atoms with van der Waals surface area (Å²) < 4.78 is 11.7. The summed E-state index contributed by atoms with van der Waals surface area (Å²) in [5, 5.41) is 5.99. The molecule has 39 heavy (non-hydrogen) atoms. The number of hydrogen-bond donors (Lipinski definition) is 1. The first kappa shape index (κ1) is 25.4. The van der Waals surface area contributed by atoms with Crippen LogP contribution < -0.4 is 14.9 Å². The van der Waals surface area contributed by atoms with Crippen LogP contribution in [-0.4, -0.2) is 18.1 Å². The minimum Gasteiger partial charge on any atom is -0.488 e. The van der Waals surface area contributed by atoms with Gasteiger partial charge in [0.1, 0.15) is 18.1 Å². The van der Waals surface area contributed by atoms with Crippen molar-refractivity contribution in [3.05, 3.63) is 143 Å². The number of hydrogen-bond acceptors (Lipinski definition) is 5. The zero-order valence-corrected chi connectivity index (χ0v) is 21.3. The molecule has 0 aliphatic rings. The van der Waals surface area contributed by atoms with E-state index in [1.54, 1.807) is 36.4 Å². The predicted octanol–water partition coefficient (Wildman–Crippen LogP) is 6.71. The topological polar surface area (TPSA) is 77.0 Å². The predicted molar refractivity (Wildman–Crippen MR) is 152 cm³/mol. The number of para-hydroxylation sites is 1. The van der Waals surface area contributed by atoms with E-state index >= 15 is 0 Å². The number of amides is 1. The molecule has 6 heteroatoms. The molecule has 1 N–H and O–H groups in total. The van der Waals surface area contributed by atoms with Gasteiger partial charge in [-0.25, -0.2) is 10.2 Å². The number of nitrogens with zero attached hydrogens (tertiary/aromatic N) is 1. The summed E-state index contributed by atoms with van der Waals surface area (Å²) in [6.07, 6.45) is 1.49. The molecule has 0 fully saturated rings. The molecule has 0 unspecified atom stereocenters. The monoisotopic (exact) mass is 514 g/mol. The number of aryl methyl sites for hydroxylation is 1. The van der Waals surface area contributed by atoms with Crippen molar-refractivity contribution in [1.82, 2.24) is 5.43 Å². The Bertz CT molecular complexity index is 1660. The Morgan fingerprint density at radius 1 is 0.795 bits per heavy atom. The molecule has 192 valence electrons. The molecule has 5 aromatic carbocycles. The maximum atomic E-state index is 13.0. The summed E-state index contributed by atoms with van der Waals surface area (Å²) in [4.78, 5) is 25.9. The van der Waals surface area contributed by atoms with E-state index in [2.05, 4.69) is 10.5 Å². The first-order valence-electron chi connectivity index (χ1n) is 12.5. The van der Waals surface area contributed by atoms with Crippen molar-refractivity contribution < 1.29 is 19.1 Å². The van der Waals surface area contributed by atoms with Crippen LogP contribution in [0, 0.1) is 6.92 Å². The summed E-state index contributed by atoms with van der Waals surface area (Å²) in [6.45, 7) is 2.25. The van der Waals surface area contributed by atoms with Crippen LogP contribution in [0.25, 0.3) is 10.8 Å². The number of hydrazone groups is 1. The number of ether oxygens (including phenoxy) is 2. The smallest absolute Gasteiger partial charge is 0.343 e. The number of nitrogens with one attached hydrogen (secondary N) is 1. The van der Waals surface area contributed by atoms with E-state index in [4.69, 9.17) is 9.47 Å². The summed E-state index contributed by atoms with van der Waals surface area (Å²) in [5.74, 6) is -0.109. The van der Waals surface area contributed by atoms with Gasteiger partial charge in [-0.3, -0.25) is 4.79 Å². The minimum absolute atomic E-state index is 0.333. The fourth-order valence-electron chi connectivity index (χ4n) is 4.16. The molecule has 0 heterocycles. The Kier molecular flexibility index (Phi) is 7.74. The lowest BCUT2D eigenvalue weighted by molar-refractivity contribution is 0.0734. The largest absolute Gasteiger partial charge is 0.488 e. The van der Waals surface area contributed by atoms with Crippen molar-refractivity contribution in [1.29, 1.82) is 0 Å². The van der Waals surface area contributed by atoms with E-state index in [0.717, 1.165) is 21.9 Å². The van der Waals surface area contributed by atoms with Crippen LogP contribution in [0.3, 0.4) is 0 Å². The molecule has 0 aliphatic carbocycles. The third kappa shape index (κ3) is 6.19. The van der Waals surface area contributed by atoms with Gasteiger partial charge in [0.2, 0.25) is 0 Å². The van der Waals surface area contributed by atoms with Crippen molar-refractivity contribution in [3.63, 3.8) is 0 Å². The van der Waals surface area contributed by atoms with Crippen molar-refractivity contribution >= 4 is 28.9 Å². The van der Waals surface area contributed by atoms with Crippen molar-refractivity contribution in [2.24, 2.45) is 5.10 Å². The van der Waals surface area contributed by atoms with Gasteiger partial charge in [-0.05, 0) is 53.6 Å². The molecule has 1 amide bonds. The summed E-state index contributed by atoms with van der Waals surface area (Å²) >= 11 is 0. The number of fused-ring (bicyclic) bond motifs is 1. The number of rotatable bonds is 8. The first-order chi connectivity index (χ1) is 19.1. The Balaban J connectivity index is 1.37. The van der Waals surface area contributed by atoms with Crippen LogP contribution in [0.2, 0.25) is 0 Å². The molecule has 0 atom stereocenters. The highest BCUT2D eigenvalue weighted by atomic mass is 16.5. The van der Waals surface area contributed by atoms with E-state index in [9.17, 15) is 9.59 Å². The fourth-order valence-corrected chi connectivity index (χ4v) is 4.16. The van der Waals surface area contributed by atoms with Gasteiger partial charge in [0.15, 0.2) is 0 Å². The summed E-state index contributed by atoms with van der Waals surface area (Å²) in [5.41, 5.74) is 5.91. The lowest BCUT2D eigenvalue weighted by Crippen LogP contribution is -2.19. The number of benzene rings is 5. The Labute approximate surface area is 226 Å². The molecule has 0 aromatic heterocycles. The molecule has 0 saturated heterocycles. The molecule has 6 nitrogen and oxygen atoms in total. The Morgan fingerprint density at radius 2 is 1.56 bits per heavy atom. The molecule has 5 rings (SSSR count). The van der Waals surface area contributed by atoms with E-state index in [1.807, 2.05) is 85.8 Å². The van der Waals surface area contributed by atoms with Gasteiger partial charge in [-0.2, -0.15) is 5.10 Å². The maximum Gasteiger partial charge on any atom is 0.343 e. The normalized spacial score (nSPS) is 10.9. The van der Waals surface area contributed by atoms with Gasteiger partial charge in [-0.15, -0.1) is 0 Å². The van der Waals surface area contributed by atoms with Crippen LogP contribution in [0.5, 0.6) is 11.5 Å². The van der Waals surface area contributed by atoms with E-state index in [1.165, 1.54) is 6.21 Å². The van der Waals surface area contributed by atoms with Crippen molar-refractivity contribution in [2.75, 3.05) is 0 Å². The third-order valence-electron chi connectivity index (χ3n) is 6.12. The zero-order valence-electron chi connectivity index (χ0n) is 21.3. The van der Waals surface area contributed by atoms with Crippen LogP contribution in [0.4, 0.5) is 0 Å². The summed E-state index contributed by atoms with van der Waals surface area (Å²) in [6, 6.07) is 35.2. The third-order valence-corrected chi connectivity index (χ3v) is 6.12. The second-order valence-electron chi connectivity index (χ2n) is 8.93. The average Bonchev–Trinajstić information content (AvgIpc) is 2.97. The molecule has 0 saturated carbocycles. The highest BCUT2D eigenvalue weighted by Gasteiger charge is 2.15. The first-order valence-corrected chi connectivity index (χ1v) is 12.5. The van der Waals surface area contributed by atoms with E-state index in [-0.39, 0.29) is 0 Å². The average molecular weight is 515 g/mol. The Hall–Kier alpha value is -5.23. The van der Waals surface area contributed by atoms with E-state index in [0.29, 0.717) is 34.8 Å². The number of carbonyl (C=O) groups is 2. The minimum atomic E-state index is -0.475. The van der Waals surface area contributed by atoms with Crippen LogP contribution in [0.15, 0.2) is 120 Å². The zero-order chi connectivity index (χ0) is 27.0. The highest BCUT2D eigenvalue weighted by molar-refractivity contribution is 6.04. The molecule has 0 radical (unpaired) electrons. The second-order valence-corrected chi connectivity index (χ2v) is 8.93. The lowest BCUT2D eigenvalue weighted by atomic mass is 10.0. The van der Waals surface area contributed by atoms with Gasteiger partial charge >= 0.3 is 5.97 Å². The molecular weight excluding hydrogens is 488 g/mol. The standard InChI is InChI=1S/C33H26N2O4/c1-23-10-9-14-26(20-23)33(37)39-31-19-18-25-13-5-6-15-27(25)29(31)21-34-35-32(36)28-16-7-8-17-30(28)38-22-24-11-3-2-4-12-24/h2-21H,22H2,1H3,(H,35,36)/b34-21-. The van der Waals surface area contributed by atoms with Crippen LogP contribution in [-0.2, 0) is 6.61 Å². The Morgan fingerprint density at radius 3 is 2.41 bits per heavy atom. The second kappa shape index (κ2) is 11.9. The number of carbonyl (C=O) groups excluding carboxylic acids is 2. The quantitative estimate of drug-likeness (QED) is 0.108. The molecule has 5 aromatic rings. The lowest BCUT2D eigenvalue weighted by Gasteiger charge is -2.12. The summed E-state index contributed by atoms with van der Waals surface area (Å²) in [7, 11) is 0. The molecule has 0 bridgehead atoms. The molecule has 0 aliphatic heterocycles. The fraction of sp³-hybridized carbons (Fsp3) is 0.0606. The van der Waals surface area contributed by atoms with Crippen molar-refractivity contribution in [2.45, 2.75) is 13.5 Å². The van der Waals surface area contributed by atoms with E-state index < -0.39 is 11.9 Å². The molecular formula is C33H26N2O4. The maximum absolute atomic E-state index is 13.0. The van der Waals surface area contributed by atoms with Gasteiger partial charge < -0.3 is 9.47 Å². The van der Waals surface area contributed by atoms with Gasteiger partial charge in [0, 0.05) is 5.56 Å². The van der Waals surface area contributed by atoms with Gasteiger partial charge in [-0.1, -0.05) is 90.5 Å². The van der Waals surface area contributed by atoms with Crippen molar-refractivity contribution in [3.8, 4) is 11.5 Å². The van der Waals surface area contributed by atoms with Gasteiger partial charge in [0.05, 0.1) is 17.3 Å². The SMILES string of the molecule is Cc1cccc(C(=O)Oc2ccc3ccccc3c2/C=N\NC(=O)c2ccccc2OCc2ccccc2)c1. The highest BCUT2D eigenvalue weighted by Crippen LogP contribution is 2.28. The van der Waals surface area contributed by atoms with Crippen LogP contribution >= 0.6 is 0 Å². The molecule has 0 spiro atoms. The van der Waals surface area contributed by atoms with Crippen LogP contribution in [0.1, 0.15) is 37.4 Å². The number of esters is 1. The van der Waals surface area contributed by atoms with Gasteiger partial charge in [0.25, 0.3) is 5.91 Å².